The molecule has 106 valence electrons. The van der Waals surface area contributed by atoms with Crippen LogP contribution in [0.4, 0.5) is 0 Å². The number of rotatable bonds is 5. The van der Waals surface area contributed by atoms with Crippen molar-refractivity contribution in [2.45, 2.75) is 44.5 Å². The number of morpholine rings is 1. The molecule has 3 rings (SSSR count). The first-order chi connectivity index (χ1) is 9.35. The van der Waals surface area contributed by atoms with Gasteiger partial charge in [-0.25, -0.2) is 4.98 Å². The van der Waals surface area contributed by atoms with Crippen molar-refractivity contribution in [3.63, 3.8) is 0 Å². The van der Waals surface area contributed by atoms with E-state index in [9.17, 15) is 0 Å². The molecule has 5 nitrogen and oxygen atoms in total. The van der Waals surface area contributed by atoms with E-state index in [1.165, 1.54) is 18.5 Å². The summed E-state index contributed by atoms with van der Waals surface area (Å²) >= 11 is 0. The summed E-state index contributed by atoms with van der Waals surface area (Å²) in [4.78, 5) is 6.97. The molecule has 2 atom stereocenters. The maximum Gasteiger partial charge on any atom is 0.0948 e. The zero-order valence-corrected chi connectivity index (χ0v) is 11.9. The van der Waals surface area contributed by atoms with Crippen LogP contribution in [0.3, 0.4) is 0 Å². The van der Waals surface area contributed by atoms with Gasteiger partial charge in [-0.15, -0.1) is 0 Å². The molecule has 19 heavy (non-hydrogen) atoms. The third-order valence-electron chi connectivity index (χ3n) is 4.20. The van der Waals surface area contributed by atoms with Crippen molar-refractivity contribution in [1.82, 2.24) is 19.8 Å². The molecule has 1 saturated heterocycles. The van der Waals surface area contributed by atoms with Gasteiger partial charge in [-0.3, -0.25) is 4.90 Å². The van der Waals surface area contributed by atoms with Gasteiger partial charge in [-0.2, -0.15) is 0 Å². The van der Waals surface area contributed by atoms with E-state index < -0.39 is 0 Å². The fraction of sp³-hybridized carbons (Fsp3) is 0.786. The summed E-state index contributed by atoms with van der Waals surface area (Å²) in [7, 11) is 1.99. The number of hydrogen-bond acceptors (Lipinski definition) is 4. The summed E-state index contributed by atoms with van der Waals surface area (Å²) in [5.41, 5.74) is 1.30. The zero-order chi connectivity index (χ0) is 13.2. The normalized spacial score (nSPS) is 28.7. The van der Waals surface area contributed by atoms with Crippen LogP contribution in [-0.4, -0.2) is 53.3 Å². The molecule has 1 aliphatic heterocycles. The van der Waals surface area contributed by atoms with Crippen LogP contribution >= 0.6 is 0 Å². The molecule has 0 amide bonds. The predicted molar refractivity (Wildman–Crippen MR) is 74.0 cm³/mol. The average molecular weight is 264 g/mol. The molecule has 1 aromatic heterocycles. The third-order valence-corrected chi connectivity index (χ3v) is 4.20. The van der Waals surface area contributed by atoms with Crippen LogP contribution in [0.1, 0.15) is 31.5 Å². The fourth-order valence-electron chi connectivity index (χ4n) is 3.14. The number of ether oxygens (including phenoxy) is 1. The van der Waals surface area contributed by atoms with Crippen molar-refractivity contribution in [3.8, 4) is 0 Å². The van der Waals surface area contributed by atoms with Gasteiger partial charge in [0.25, 0.3) is 0 Å². The number of nitrogens with zero attached hydrogens (tertiary/aromatic N) is 3. The predicted octanol–water partition coefficient (Wildman–Crippen LogP) is 1.03. The monoisotopic (exact) mass is 264 g/mol. The lowest BCUT2D eigenvalue weighted by Crippen LogP contribution is -2.50. The minimum Gasteiger partial charge on any atom is -0.374 e. The van der Waals surface area contributed by atoms with E-state index >= 15 is 0 Å². The SMILES string of the molecule is CCn1cncc1C1C(CNC)OCCN1C1CC1. The topological polar surface area (TPSA) is 42.3 Å². The van der Waals surface area contributed by atoms with E-state index in [2.05, 4.69) is 26.7 Å². The second kappa shape index (κ2) is 5.61. The highest BCUT2D eigenvalue weighted by Gasteiger charge is 2.42. The van der Waals surface area contributed by atoms with Gasteiger partial charge < -0.3 is 14.6 Å². The van der Waals surface area contributed by atoms with Crippen molar-refractivity contribution in [1.29, 1.82) is 0 Å². The van der Waals surface area contributed by atoms with Crippen LogP contribution in [0.25, 0.3) is 0 Å². The van der Waals surface area contributed by atoms with Gasteiger partial charge in [-0.05, 0) is 26.8 Å². The van der Waals surface area contributed by atoms with E-state index in [0.717, 1.165) is 32.3 Å². The maximum atomic E-state index is 6.02. The van der Waals surface area contributed by atoms with Crippen LogP contribution in [0.15, 0.2) is 12.5 Å². The molecular weight excluding hydrogens is 240 g/mol. The Kier molecular flexibility index (Phi) is 3.86. The molecule has 1 N–H and O–H groups in total. The van der Waals surface area contributed by atoms with Crippen LogP contribution in [0, 0.1) is 0 Å². The maximum absolute atomic E-state index is 6.02. The number of hydrogen-bond donors (Lipinski definition) is 1. The molecule has 2 fully saturated rings. The average Bonchev–Trinajstić information content (AvgIpc) is 3.17. The van der Waals surface area contributed by atoms with Crippen LogP contribution in [0.2, 0.25) is 0 Å². The number of likely N-dealkylation sites (N-methyl/N-ethyl adjacent to an activating group) is 1. The number of imidazole rings is 1. The molecule has 1 aromatic rings. The first-order valence-corrected chi connectivity index (χ1v) is 7.37. The molecule has 0 aromatic carbocycles. The van der Waals surface area contributed by atoms with E-state index in [1.54, 1.807) is 0 Å². The minimum absolute atomic E-state index is 0.223. The lowest BCUT2D eigenvalue weighted by Gasteiger charge is -2.41. The van der Waals surface area contributed by atoms with Crippen molar-refractivity contribution in [3.05, 3.63) is 18.2 Å². The number of aryl methyl sites for hydroxylation is 1. The molecule has 1 aliphatic carbocycles. The van der Waals surface area contributed by atoms with Crippen molar-refractivity contribution in [2.24, 2.45) is 0 Å². The molecule has 2 aliphatic rings. The van der Waals surface area contributed by atoms with Gasteiger partial charge in [0, 0.05) is 31.9 Å². The Bertz CT molecular complexity index is 413. The second-order valence-electron chi connectivity index (χ2n) is 5.49. The van der Waals surface area contributed by atoms with Gasteiger partial charge in [-0.1, -0.05) is 0 Å². The van der Waals surface area contributed by atoms with E-state index in [0.29, 0.717) is 6.04 Å². The molecule has 0 spiro atoms. The molecule has 0 bridgehead atoms. The molecule has 2 unspecified atom stereocenters. The Hall–Kier alpha value is -0.910. The van der Waals surface area contributed by atoms with Gasteiger partial charge in [0.15, 0.2) is 0 Å². The first-order valence-electron chi connectivity index (χ1n) is 7.37. The molecule has 2 heterocycles. The first kappa shape index (κ1) is 13.1. The summed E-state index contributed by atoms with van der Waals surface area (Å²) < 4.78 is 8.26. The molecule has 1 saturated carbocycles. The quantitative estimate of drug-likeness (QED) is 0.862. The summed E-state index contributed by atoms with van der Waals surface area (Å²) in [5, 5.41) is 3.27. The summed E-state index contributed by atoms with van der Waals surface area (Å²) in [6.07, 6.45) is 6.85. The summed E-state index contributed by atoms with van der Waals surface area (Å²) in [6.45, 7) is 5.92. The van der Waals surface area contributed by atoms with Crippen molar-refractivity contribution >= 4 is 0 Å². The Labute approximate surface area is 114 Å². The zero-order valence-electron chi connectivity index (χ0n) is 11.9. The Morgan fingerprint density at radius 1 is 1.47 bits per heavy atom. The number of nitrogens with one attached hydrogen (secondary N) is 1. The highest BCUT2D eigenvalue weighted by Crippen LogP contribution is 2.38. The van der Waals surface area contributed by atoms with Gasteiger partial charge >= 0.3 is 0 Å². The minimum atomic E-state index is 0.223. The van der Waals surface area contributed by atoms with Crippen LogP contribution in [-0.2, 0) is 11.3 Å². The van der Waals surface area contributed by atoms with E-state index in [1.807, 2.05) is 19.6 Å². The molecule has 5 heteroatoms. The fourth-order valence-corrected chi connectivity index (χ4v) is 3.14. The second-order valence-corrected chi connectivity index (χ2v) is 5.49. The highest BCUT2D eigenvalue weighted by molar-refractivity contribution is 5.12. The summed E-state index contributed by atoms with van der Waals surface area (Å²) in [6, 6.07) is 1.10. The lowest BCUT2D eigenvalue weighted by molar-refractivity contribution is -0.0763. The smallest absolute Gasteiger partial charge is 0.0948 e. The number of aromatic nitrogens is 2. The largest absolute Gasteiger partial charge is 0.374 e. The van der Waals surface area contributed by atoms with Crippen LogP contribution in [0.5, 0.6) is 0 Å². The highest BCUT2D eigenvalue weighted by atomic mass is 16.5. The Morgan fingerprint density at radius 3 is 3.00 bits per heavy atom. The Morgan fingerprint density at radius 2 is 2.32 bits per heavy atom. The van der Waals surface area contributed by atoms with Crippen molar-refractivity contribution in [2.75, 3.05) is 26.7 Å². The van der Waals surface area contributed by atoms with E-state index in [-0.39, 0.29) is 6.10 Å². The molecule has 0 radical (unpaired) electrons. The Balaban J connectivity index is 1.89. The van der Waals surface area contributed by atoms with E-state index in [4.69, 9.17) is 4.74 Å². The van der Waals surface area contributed by atoms with Gasteiger partial charge in [0.1, 0.15) is 0 Å². The van der Waals surface area contributed by atoms with Gasteiger partial charge in [0.2, 0.25) is 0 Å². The van der Waals surface area contributed by atoms with Gasteiger partial charge in [0.05, 0.1) is 30.8 Å². The summed E-state index contributed by atoms with van der Waals surface area (Å²) in [5.74, 6) is 0. The molecular formula is C14H24N4O. The standard InChI is InChI=1S/C14H24N4O/c1-3-17-10-16-8-12(17)14-13(9-15-2)19-7-6-18(14)11-4-5-11/h8,10-11,13-15H,3-7,9H2,1-2H3. The third kappa shape index (κ3) is 2.55. The van der Waals surface area contributed by atoms with Crippen LogP contribution < -0.4 is 5.32 Å². The lowest BCUT2D eigenvalue weighted by atomic mass is 10.0. The van der Waals surface area contributed by atoms with Crippen molar-refractivity contribution < 1.29 is 4.74 Å².